The molecule has 0 aromatic carbocycles. The van der Waals surface area contributed by atoms with Crippen LogP contribution in [0.2, 0.25) is 0 Å². The van der Waals surface area contributed by atoms with Crippen molar-refractivity contribution >= 4 is 0 Å². The monoisotopic (exact) mass is 141 g/mol. The molecule has 0 aromatic rings. The van der Waals surface area contributed by atoms with Crippen molar-refractivity contribution in [2.24, 2.45) is 11.8 Å². The van der Waals surface area contributed by atoms with Gasteiger partial charge in [-0.1, -0.05) is 12.2 Å². The third kappa shape index (κ3) is 1.84. The van der Waals surface area contributed by atoms with Gasteiger partial charge in [0, 0.05) is 1.43 Å². The van der Waals surface area contributed by atoms with Crippen LogP contribution in [0.1, 0.15) is 20.7 Å². The van der Waals surface area contributed by atoms with Crippen LogP contribution in [0.3, 0.4) is 0 Å². The molecule has 0 aliphatic heterocycles. The predicted molar refractivity (Wildman–Crippen MR) is 47.1 cm³/mol. The van der Waals surface area contributed by atoms with E-state index in [2.05, 4.69) is 17.5 Å². The summed E-state index contributed by atoms with van der Waals surface area (Å²) in [4.78, 5) is 0. The van der Waals surface area contributed by atoms with Crippen molar-refractivity contribution in [2.75, 3.05) is 14.1 Å². The fraction of sp³-hybridized carbons (Fsp3) is 0.778. The standard InChI is InChI=1S/C7H10.C2H7N.H2/c1-2-7-4-3-6(1)5-7;1-3-2;/h1-2,6-7H,3-5H2;3H,1-2H3;1H. The lowest BCUT2D eigenvalue weighted by Gasteiger charge is -1.96. The van der Waals surface area contributed by atoms with Crippen LogP contribution in [-0.2, 0) is 0 Å². The van der Waals surface area contributed by atoms with Crippen molar-refractivity contribution in [2.45, 2.75) is 19.3 Å². The molecule has 2 aliphatic carbocycles. The zero-order chi connectivity index (χ0) is 7.40. The molecule has 0 heterocycles. The topological polar surface area (TPSA) is 12.0 Å². The van der Waals surface area contributed by atoms with Gasteiger partial charge >= 0.3 is 0 Å². The lowest BCUT2D eigenvalue weighted by molar-refractivity contribution is 0.691. The molecule has 10 heavy (non-hydrogen) atoms. The summed E-state index contributed by atoms with van der Waals surface area (Å²) in [6, 6.07) is 0. The molecule has 2 bridgehead atoms. The highest BCUT2D eigenvalue weighted by molar-refractivity contribution is 5.06. The fourth-order valence-corrected chi connectivity index (χ4v) is 1.72. The summed E-state index contributed by atoms with van der Waals surface area (Å²) in [7, 11) is 3.75. The van der Waals surface area contributed by atoms with Gasteiger partial charge in [-0.3, -0.25) is 0 Å². The quantitative estimate of drug-likeness (QED) is 0.509. The molecule has 0 spiro atoms. The minimum atomic E-state index is 0. The zero-order valence-electron chi connectivity index (χ0n) is 6.93. The second-order valence-corrected chi connectivity index (χ2v) is 3.22. The summed E-state index contributed by atoms with van der Waals surface area (Å²) in [5.41, 5.74) is 0. The van der Waals surface area contributed by atoms with Crippen molar-refractivity contribution in [1.29, 1.82) is 0 Å². The van der Waals surface area contributed by atoms with Crippen molar-refractivity contribution in [3.8, 4) is 0 Å². The van der Waals surface area contributed by atoms with Gasteiger partial charge in [-0.05, 0) is 45.2 Å². The Bertz CT molecular complexity index is 111. The Balaban J connectivity index is 0.000000225. The highest BCUT2D eigenvalue weighted by atomic mass is 14.7. The molecule has 60 valence electrons. The Hall–Kier alpha value is -0.300. The van der Waals surface area contributed by atoms with E-state index in [0.29, 0.717) is 0 Å². The van der Waals surface area contributed by atoms with Crippen LogP contribution >= 0.6 is 0 Å². The summed E-state index contributed by atoms with van der Waals surface area (Å²) >= 11 is 0. The first-order chi connectivity index (χ1) is 4.86. The molecular formula is C9H19N. The number of fused-ring (bicyclic) bond motifs is 2. The first-order valence-corrected chi connectivity index (χ1v) is 4.13. The number of rotatable bonds is 0. The van der Waals surface area contributed by atoms with E-state index < -0.39 is 0 Å². The second kappa shape index (κ2) is 3.77. The van der Waals surface area contributed by atoms with Crippen LogP contribution in [0.15, 0.2) is 12.2 Å². The minimum absolute atomic E-state index is 0. The molecule has 2 unspecified atom stereocenters. The van der Waals surface area contributed by atoms with Crippen molar-refractivity contribution in [3.05, 3.63) is 12.2 Å². The maximum absolute atomic E-state index is 2.75. The minimum Gasteiger partial charge on any atom is -0.323 e. The van der Waals surface area contributed by atoms with Gasteiger partial charge in [0.15, 0.2) is 0 Å². The number of nitrogens with one attached hydrogen (secondary N) is 1. The van der Waals surface area contributed by atoms with E-state index in [1.807, 2.05) is 14.1 Å². The van der Waals surface area contributed by atoms with Gasteiger partial charge in [0.1, 0.15) is 0 Å². The normalized spacial score (nSPS) is 33.8. The van der Waals surface area contributed by atoms with Crippen LogP contribution in [0.25, 0.3) is 0 Å². The summed E-state index contributed by atoms with van der Waals surface area (Å²) < 4.78 is 0. The average molecular weight is 141 g/mol. The number of hydrogen-bond acceptors (Lipinski definition) is 1. The molecule has 1 heteroatoms. The smallest absolute Gasteiger partial charge is 0 e. The third-order valence-corrected chi connectivity index (χ3v) is 2.17. The Morgan fingerprint density at radius 3 is 1.70 bits per heavy atom. The summed E-state index contributed by atoms with van der Waals surface area (Å²) in [6.07, 6.45) is 9.19. The van der Waals surface area contributed by atoms with E-state index in [0.717, 1.165) is 11.8 Å². The van der Waals surface area contributed by atoms with Gasteiger partial charge in [0.25, 0.3) is 0 Å². The molecule has 1 nitrogen and oxygen atoms in total. The summed E-state index contributed by atoms with van der Waals surface area (Å²) in [6.45, 7) is 0. The van der Waals surface area contributed by atoms with Gasteiger partial charge in [0.05, 0.1) is 0 Å². The van der Waals surface area contributed by atoms with Crippen LogP contribution < -0.4 is 5.32 Å². The number of hydrogen-bond donors (Lipinski definition) is 1. The molecule has 2 atom stereocenters. The molecule has 0 amide bonds. The largest absolute Gasteiger partial charge is 0.323 e. The van der Waals surface area contributed by atoms with E-state index in [9.17, 15) is 0 Å². The zero-order valence-corrected chi connectivity index (χ0v) is 6.93. The van der Waals surface area contributed by atoms with Crippen molar-refractivity contribution in [3.63, 3.8) is 0 Å². The lowest BCUT2D eigenvalue weighted by Crippen LogP contribution is -1.89. The Kier molecular flexibility index (Phi) is 2.94. The fourth-order valence-electron chi connectivity index (χ4n) is 1.72. The van der Waals surface area contributed by atoms with Crippen molar-refractivity contribution in [1.82, 2.24) is 5.32 Å². The Morgan fingerprint density at radius 1 is 1.20 bits per heavy atom. The molecule has 1 N–H and O–H groups in total. The molecule has 2 rings (SSSR count). The van der Waals surface area contributed by atoms with Gasteiger partial charge in [-0.15, -0.1) is 0 Å². The van der Waals surface area contributed by atoms with E-state index in [4.69, 9.17) is 0 Å². The maximum atomic E-state index is 2.75. The van der Waals surface area contributed by atoms with E-state index in [1.165, 1.54) is 19.3 Å². The molecule has 0 radical (unpaired) electrons. The molecule has 0 saturated heterocycles. The molecule has 1 saturated carbocycles. The second-order valence-electron chi connectivity index (χ2n) is 3.22. The van der Waals surface area contributed by atoms with E-state index in [1.54, 1.807) is 0 Å². The van der Waals surface area contributed by atoms with Gasteiger partial charge in [-0.25, -0.2) is 0 Å². The highest BCUT2D eigenvalue weighted by Crippen LogP contribution is 2.38. The highest BCUT2D eigenvalue weighted by Gasteiger charge is 2.25. The van der Waals surface area contributed by atoms with Crippen LogP contribution in [0.5, 0.6) is 0 Å². The molecular weight excluding hydrogens is 122 g/mol. The van der Waals surface area contributed by atoms with E-state index in [-0.39, 0.29) is 1.43 Å². The number of allylic oxidation sites excluding steroid dienone is 2. The maximum Gasteiger partial charge on any atom is 0 e. The summed E-state index contributed by atoms with van der Waals surface area (Å²) in [5.74, 6) is 1.98. The van der Waals surface area contributed by atoms with Crippen LogP contribution in [-0.4, -0.2) is 14.1 Å². The Morgan fingerprint density at radius 2 is 1.60 bits per heavy atom. The van der Waals surface area contributed by atoms with E-state index >= 15 is 0 Å². The first kappa shape index (κ1) is 7.80. The predicted octanol–water partition coefficient (Wildman–Crippen LogP) is 2.05. The van der Waals surface area contributed by atoms with Gasteiger partial charge < -0.3 is 5.32 Å². The third-order valence-electron chi connectivity index (χ3n) is 2.17. The van der Waals surface area contributed by atoms with Gasteiger partial charge in [-0.2, -0.15) is 0 Å². The van der Waals surface area contributed by atoms with Gasteiger partial charge in [0.2, 0.25) is 0 Å². The van der Waals surface area contributed by atoms with Crippen molar-refractivity contribution < 1.29 is 1.43 Å². The summed E-state index contributed by atoms with van der Waals surface area (Å²) in [5, 5.41) is 2.75. The Labute approximate surface area is 65.0 Å². The lowest BCUT2D eigenvalue weighted by atomic mass is 10.1. The SMILES string of the molecule is C1=CC2CCC1C2.CNC.[HH]. The molecule has 0 aromatic heterocycles. The molecule has 1 fully saturated rings. The molecule has 2 aliphatic rings. The van der Waals surface area contributed by atoms with Crippen LogP contribution in [0, 0.1) is 11.8 Å². The first-order valence-electron chi connectivity index (χ1n) is 4.13. The average Bonchev–Trinajstić information content (AvgIpc) is 2.49. The van der Waals surface area contributed by atoms with Crippen LogP contribution in [0.4, 0.5) is 0 Å².